The number of rotatable bonds is 2. The van der Waals surface area contributed by atoms with Crippen molar-refractivity contribution < 1.29 is 9.90 Å². The third-order valence-electron chi connectivity index (χ3n) is 3.87. The molecule has 0 aliphatic carbocycles. The molecule has 3 atom stereocenters. The number of nitrogens with zero attached hydrogens (tertiary/aromatic N) is 2. The molecule has 0 saturated carbocycles. The zero-order valence-corrected chi connectivity index (χ0v) is 11.2. The van der Waals surface area contributed by atoms with Crippen molar-refractivity contribution in [3.63, 3.8) is 0 Å². The van der Waals surface area contributed by atoms with E-state index >= 15 is 0 Å². The number of aromatic nitrogens is 1. The van der Waals surface area contributed by atoms with Crippen molar-refractivity contribution in [1.29, 1.82) is 0 Å². The molecular formula is C13H16ClN3O2. The number of pyridine rings is 1. The van der Waals surface area contributed by atoms with Gasteiger partial charge in [-0.15, -0.1) is 0 Å². The second-order valence-electron chi connectivity index (χ2n) is 5.34. The number of piperidine rings is 1. The minimum atomic E-state index is -0.227. The van der Waals surface area contributed by atoms with Gasteiger partial charge in [0.25, 0.3) is 5.91 Å². The number of aromatic hydroxyl groups is 1. The molecule has 1 aromatic heterocycles. The van der Waals surface area contributed by atoms with Crippen LogP contribution in [-0.2, 0) is 0 Å². The molecule has 2 fully saturated rings. The predicted octanol–water partition coefficient (Wildman–Crippen LogP) is 1.26. The maximum absolute atomic E-state index is 12.1. The van der Waals surface area contributed by atoms with Crippen LogP contribution in [0.2, 0.25) is 5.02 Å². The predicted molar refractivity (Wildman–Crippen MR) is 71.3 cm³/mol. The zero-order chi connectivity index (χ0) is 13.4. The Hall–Kier alpha value is -1.33. The largest absolute Gasteiger partial charge is 0.505 e. The molecule has 2 bridgehead atoms. The van der Waals surface area contributed by atoms with Crippen LogP contribution in [0.25, 0.3) is 0 Å². The monoisotopic (exact) mass is 281 g/mol. The third-order valence-corrected chi connectivity index (χ3v) is 4.17. The molecule has 1 amide bonds. The minimum Gasteiger partial charge on any atom is -0.505 e. The van der Waals surface area contributed by atoms with E-state index in [1.165, 1.54) is 18.7 Å². The number of carbonyl (C=O) groups excluding carboxylic acids is 1. The Morgan fingerprint density at radius 1 is 1.53 bits per heavy atom. The van der Waals surface area contributed by atoms with Crippen LogP contribution < -0.4 is 5.32 Å². The van der Waals surface area contributed by atoms with Crippen molar-refractivity contribution in [3.8, 4) is 5.75 Å². The molecule has 2 saturated heterocycles. The maximum atomic E-state index is 12.1. The van der Waals surface area contributed by atoms with E-state index in [-0.39, 0.29) is 28.4 Å². The molecule has 3 rings (SSSR count). The Morgan fingerprint density at radius 3 is 3.11 bits per heavy atom. The van der Waals surface area contributed by atoms with Gasteiger partial charge in [-0.2, -0.15) is 0 Å². The smallest absolute Gasteiger partial charge is 0.270 e. The van der Waals surface area contributed by atoms with E-state index in [2.05, 4.69) is 15.2 Å². The number of halogens is 1. The highest BCUT2D eigenvalue weighted by Gasteiger charge is 2.33. The molecular weight excluding hydrogens is 266 g/mol. The summed E-state index contributed by atoms with van der Waals surface area (Å²) in [5.74, 6) is 0.366. The fourth-order valence-corrected chi connectivity index (χ4v) is 3.12. The molecule has 102 valence electrons. The summed E-state index contributed by atoms with van der Waals surface area (Å²) in [6.07, 6.45) is 3.47. The fraction of sp³-hybridized carbons (Fsp3) is 0.538. The maximum Gasteiger partial charge on any atom is 0.270 e. The molecule has 19 heavy (non-hydrogen) atoms. The summed E-state index contributed by atoms with van der Waals surface area (Å²) >= 11 is 5.78. The second-order valence-corrected chi connectivity index (χ2v) is 5.75. The Labute approximate surface area is 116 Å². The number of nitrogens with one attached hydrogen (secondary N) is 1. The van der Waals surface area contributed by atoms with Gasteiger partial charge < -0.3 is 15.3 Å². The molecule has 1 unspecified atom stereocenters. The van der Waals surface area contributed by atoms with E-state index in [9.17, 15) is 9.90 Å². The molecule has 0 spiro atoms. The van der Waals surface area contributed by atoms with Crippen molar-refractivity contribution in [1.82, 2.24) is 15.2 Å². The van der Waals surface area contributed by atoms with Crippen LogP contribution in [0, 0.1) is 5.92 Å². The lowest BCUT2D eigenvalue weighted by Crippen LogP contribution is -2.47. The topological polar surface area (TPSA) is 65.5 Å². The zero-order valence-electron chi connectivity index (χ0n) is 10.5. The molecule has 2 aliphatic heterocycles. The van der Waals surface area contributed by atoms with Gasteiger partial charge in [0.15, 0.2) is 5.75 Å². The van der Waals surface area contributed by atoms with Crippen LogP contribution in [0.3, 0.4) is 0 Å². The Kier molecular flexibility index (Phi) is 3.33. The van der Waals surface area contributed by atoms with E-state index < -0.39 is 0 Å². The summed E-state index contributed by atoms with van der Waals surface area (Å²) < 4.78 is 0. The van der Waals surface area contributed by atoms with E-state index in [1.807, 2.05) is 0 Å². The molecule has 2 N–H and O–H groups in total. The first-order valence-corrected chi connectivity index (χ1v) is 6.87. The second kappa shape index (κ2) is 4.98. The van der Waals surface area contributed by atoms with Gasteiger partial charge >= 0.3 is 0 Å². The van der Waals surface area contributed by atoms with Crippen LogP contribution >= 0.6 is 11.6 Å². The van der Waals surface area contributed by atoms with Gasteiger partial charge in [0.2, 0.25) is 0 Å². The van der Waals surface area contributed by atoms with Crippen molar-refractivity contribution in [3.05, 3.63) is 23.0 Å². The normalized spacial score (nSPS) is 29.2. The molecule has 3 heterocycles. The first-order chi connectivity index (χ1) is 9.11. The van der Waals surface area contributed by atoms with Gasteiger partial charge in [-0.1, -0.05) is 11.6 Å². The Morgan fingerprint density at radius 2 is 2.37 bits per heavy atom. The summed E-state index contributed by atoms with van der Waals surface area (Å²) in [4.78, 5) is 18.4. The van der Waals surface area contributed by atoms with Crippen LogP contribution in [-0.4, -0.2) is 46.6 Å². The lowest BCUT2D eigenvalue weighted by Gasteiger charge is -2.30. The highest BCUT2D eigenvalue weighted by Crippen LogP contribution is 2.27. The average molecular weight is 282 g/mol. The highest BCUT2D eigenvalue weighted by molar-refractivity contribution is 6.32. The number of fused-ring (bicyclic) bond motifs is 2. The van der Waals surface area contributed by atoms with Gasteiger partial charge in [-0.05, 0) is 31.4 Å². The van der Waals surface area contributed by atoms with Gasteiger partial charge in [0.1, 0.15) is 5.69 Å². The number of amides is 1. The van der Waals surface area contributed by atoms with Gasteiger partial charge in [-0.3, -0.25) is 4.79 Å². The van der Waals surface area contributed by atoms with Crippen molar-refractivity contribution in [2.75, 3.05) is 19.6 Å². The summed E-state index contributed by atoms with van der Waals surface area (Å²) in [7, 11) is 0. The first-order valence-electron chi connectivity index (χ1n) is 6.49. The fourth-order valence-electron chi connectivity index (χ4n) is 2.97. The lowest BCUT2D eigenvalue weighted by molar-refractivity contribution is 0.0904. The van der Waals surface area contributed by atoms with Crippen molar-refractivity contribution in [2.45, 2.75) is 18.9 Å². The van der Waals surface area contributed by atoms with Crippen LogP contribution in [0.4, 0.5) is 0 Å². The highest BCUT2D eigenvalue weighted by atomic mass is 35.5. The van der Waals surface area contributed by atoms with E-state index in [0.29, 0.717) is 5.92 Å². The minimum absolute atomic E-state index is 0.111. The average Bonchev–Trinajstić information content (AvgIpc) is 2.72. The van der Waals surface area contributed by atoms with Crippen LogP contribution in [0.15, 0.2) is 12.3 Å². The SMILES string of the molecule is O=C(N[C@@H]1C[C@H]2CCN(C2)C1)c1cc(Cl)c(O)cn1. The van der Waals surface area contributed by atoms with E-state index in [0.717, 1.165) is 26.1 Å². The number of hydrogen-bond acceptors (Lipinski definition) is 4. The summed E-state index contributed by atoms with van der Waals surface area (Å²) in [6, 6.07) is 1.58. The molecule has 1 aromatic rings. The summed E-state index contributed by atoms with van der Waals surface area (Å²) in [5.41, 5.74) is 0.246. The number of hydrogen-bond donors (Lipinski definition) is 2. The van der Waals surface area contributed by atoms with E-state index in [1.54, 1.807) is 0 Å². The van der Waals surface area contributed by atoms with Crippen molar-refractivity contribution >= 4 is 17.5 Å². The van der Waals surface area contributed by atoms with E-state index in [4.69, 9.17) is 11.6 Å². The van der Waals surface area contributed by atoms with Gasteiger partial charge in [0, 0.05) is 19.1 Å². The number of carbonyl (C=O) groups is 1. The van der Waals surface area contributed by atoms with Crippen LogP contribution in [0.5, 0.6) is 5.75 Å². The first kappa shape index (κ1) is 12.7. The standard InChI is InChI=1S/C13H16ClN3O2/c14-10-4-11(15-5-12(10)18)13(19)16-9-3-8-1-2-17(6-8)7-9/h4-5,8-9,18H,1-3,6-7H2,(H,16,19)/t8-,9-/m1/s1. The summed E-state index contributed by atoms with van der Waals surface area (Å²) in [5, 5.41) is 12.4. The molecule has 6 heteroatoms. The van der Waals surface area contributed by atoms with Crippen LogP contribution in [0.1, 0.15) is 23.3 Å². The van der Waals surface area contributed by atoms with Gasteiger partial charge in [0.05, 0.1) is 11.2 Å². The third kappa shape index (κ3) is 2.67. The van der Waals surface area contributed by atoms with Gasteiger partial charge in [-0.25, -0.2) is 4.98 Å². The Bertz CT molecular complexity index is 497. The molecule has 0 radical (unpaired) electrons. The molecule has 5 nitrogen and oxygen atoms in total. The lowest BCUT2D eigenvalue weighted by atomic mass is 9.97. The molecule has 0 aromatic carbocycles. The molecule has 2 aliphatic rings. The summed E-state index contributed by atoms with van der Waals surface area (Å²) in [6.45, 7) is 3.21. The quantitative estimate of drug-likeness (QED) is 0.857. The Balaban J connectivity index is 1.66. The van der Waals surface area contributed by atoms with Crippen molar-refractivity contribution in [2.24, 2.45) is 5.92 Å².